The summed E-state index contributed by atoms with van der Waals surface area (Å²) >= 11 is 0. The van der Waals surface area contributed by atoms with Gasteiger partial charge in [0.2, 0.25) is 0 Å². The maximum absolute atomic E-state index is 11.1. The van der Waals surface area contributed by atoms with Crippen LogP contribution in [0.2, 0.25) is 0 Å². The zero-order valence-electron chi connectivity index (χ0n) is 10.7. The summed E-state index contributed by atoms with van der Waals surface area (Å²) in [5.74, 6) is 0.329. The number of nitro groups is 1. The van der Waals surface area contributed by atoms with Gasteiger partial charge in [-0.1, -0.05) is 12.1 Å². The van der Waals surface area contributed by atoms with Gasteiger partial charge in [0.1, 0.15) is 5.78 Å². The van der Waals surface area contributed by atoms with Gasteiger partial charge in [-0.05, 0) is 24.8 Å². The molecule has 2 rings (SSSR count). The molecule has 1 aromatic rings. The molecule has 0 atom stereocenters. The minimum absolute atomic E-state index is 0.107. The smallest absolute Gasteiger partial charge is 0.269 e. The van der Waals surface area contributed by atoms with Crippen molar-refractivity contribution >= 4 is 11.5 Å². The van der Waals surface area contributed by atoms with Gasteiger partial charge in [-0.25, -0.2) is 0 Å². The number of rotatable bonds is 5. The Kier molecular flexibility index (Phi) is 4.63. The lowest BCUT2D eigenvalue weighted by Gasteiger charge is -2.21. The highest BCUT2D eigenvalue weighted by Gasteiger charge is 2.18. The topological polar surface area (TPSA) is 69.4 Å². The Labute approximate surface area is 111 Å². The van der Waals surface area contributed by atoms with Gasteiger partial charge < -0.3 is 4.74 Å². The van der Waals surface area contributed by atoms with Crippen molar-refractivity contribution in [1.29, 1.82) is 0 Å². The van der Waals surface area contributed by atoms with Gasteiger partial charge in [0, 0.05) is 25.0 Å². The molecule has 0 bridgehead atoms. The summed E-state index contributed by atoms with van der Waals surface area (Å²) in [5, 5.41) is 10.5. The molecule has 0 unspecified atom stereocenters. The quantitative estimate of drug-likeness (QED) is 0.605. The van der Waals surface area contributed by atoms with Crippen LogP contribution in [0.5, 0.6) is 0 Å². The minimum Gasteiger partial charge on any atom is -0.378 e. The SMILES string of the molecule is O=C1CCC(OCCc2ccc([N+](=O)[O-])cc2)CC1. The van der Waals surface area contributed by atoms with Gasteiger partial charge in [-0.15, -0.1) is 0 Å². The van der Waals surface area contributed by atoms with E-state index in [1.165, 1.54) is 12.1 Å². The molecule has 0 aromatic heterocycles. The summed E-state index contributed by atoms with van der Waals surface area (Å²) in [7, 11) is 0. The number of ether oxygens (including phenoxy) is 1. The Bertz CT molecular complexity index is 445. The van der Waals surface area contributed by atoms with E-state index in [2.05, 4.69) is 0 Å². The fraction of sp³-hybridized carbons (Fsp3) is 0.500. The van der Waals surface area contributed by atoms with Crippen molar-refractivity contribution in [3.63, 3.8) is 0 Å². The molecular weight excluding hydrogens is 246 g/mol. The molecule has 1 saturated carbocycles. The van der Waals surface area contributed by atoms with Crippen LogP contribution in [0.1, 0.15) is 31.2 Å². The van der Waals surface area contributed by atoms with Crippen LogP contribution in [0, 0.1) is 10.1 Å². The molecule has 5 nitrogen and oxygen atoms in total. The molecule has 0 N–H and O–H groups in total. The second-order valence-corrected chi connectivity index (χ2v) is 4.78. The fourth-order valence-corrected chi connectivity index (χ4v) is 2.21. The molecule has 0 heterocycles. The predicted octanol–water partition coefficient (Wildman–Crippen LogP) is 2.67. The highest BCUT2D eigenvalue weighted by molar-refractivity contribution is 5.79. The Balaban J connectivity index is 1.73. The molecule has 19 heavy (non-hydrogen) atoms. The number of Topliss-reactive ketones (excluding diaryl/α,β-unsaturated/α-hetero) is 1. The number of carbonyl (C=O) groups is 1. The van der Waals surface area contributed by atoms with Gasteiger partial charge in [0.05, 0.1) is 17.6 Å². The van der Waals surface area contributed by atoms with Crippen molar-refractivity contribution in [2.24, 2.45) is 0 Å². The molecule has 1 aliphatic rings. The molecule has 0 saturated heterocycles. The lowest BCUT2D eigenvalue weighted by Crippen LogP contribution is -2.22. The van der Waals surface area contributed by atoms with Crippen molar-refractivity contribution in [2.75, 3.05) is 6.61 Å². The number of nitrogens with zero attached hydrogens (tertiary/aromatic N) is 1. The van der Waals surface area contributed by atoms with Gasteiger partial charge in [-0.2, -0.15) is 0 Å². The molecular formula is C14H17NO4. The summed E-state index contributed by atoms with van der Waals surface area (Å²) in [6.07, 6.45) is 3.82. The minimum atomic E-state index is -0.403. The van der Waals surface area contributed by atoms with Gasteiger partial charge in [0.15, 0.2) is 0 Å². The van der Waals surface area contributed by atoms with E-state index in [0.717, 1.165) is 24.8 Å². The normalized spacial score (nSPS) is 16.5. The molecule has 5 heteroatoms. The van der Waals surface area contributed by atoms with Crippen LogP contribution in [0.4, 0.5) is 5.69 Å². The highest BCUT2D eigenvalue weighted by Crippen LogP contribution is 2.18. The second-order valence-electron chi connectivity index (χ2n) is 4.78. The zero-order chi connectivity index (χ0) is 13.7. The van der Waals surface area contributed by atoms with E-state index in [1.54, 1.807) is 12.1 Å². The second kappa shape index (κ2) is 6.43. The summed E-state index contributed by atoms with van der Waals surface area (Å²) in [5.41, 5.74) is 1.13. The third kappa shape index (κ3) is 4.13. The first kappa shape index (κ1) is 13.7. The number of hydrogen-bond donors (Lipinski definition) is 0. The Morgan fingerprint density at radius 2 is 1.84 bits per heavy atom. The number of ketones is 1. The first-order valence-electron chi connectivity index (χ1n) is 6.52. The number of benzene rings is 1. The lowest BCUT2D eigenvalue weighted by molar-refractivity contribution is -0.384. The maximum Gasteiger partial charge on any atom is 0.269 e. The van der Waals surface area contributed by atoms with E-state index in [0.29, 0.717) is 25.2 Å². The van der Waals surface area contributed by atoms with Crippen molar-refractivity contribution in [1.82, 2.24) is 0 Å². The van der Waals surface area contributed by atoms with Gasteiger partial charge in [-0.3, -0.25) is 14.9 Å². The van der Waals surface area contributed by atoms with Crippen molar-refractivity contribution in [3.05, 3.63) is 39.9 Å². The van der Waals surface area contributed by atoms with E-state index in [-0.39, 0.29) is 11.8 Å². The molecule has 102 valence electrons. The van der Waals surface area contributed by atoms with Crippen LogP contribution in [0.25, 0.3) is 0 Å². The van der Waals surface area contributed by atoms with Crippen LogP contribution in [0.15, 0.2) is 24.3 Å². The first-order valence-corrected chi connectivity index (χ1v) is 6.52. The van der Waals surface area contributed by atoms with Crippen LogP contribution in [-0.4, -0.2) is 23.4 Å². The molecule has 0 aliphatic heterocycles. The van der Waals surface area contributed by atoms with Gasteiger partial charge >= 0.3 is 0 Å². The first-order chi connectivity index (χ1) is 9.15. The standard InChI is InChI=1S/C14H17NO4/c16-13-5-7-14(8-6-13)19-10-9-11-1-3-12(4-2-11)15(17)18/h1-4,14H,5-10H2. The predicted molar refractivity (Wildman–Crippen MR) is 70.0 cm³/mol. The summed E-state index contributed by atoms with van der Waals surface area (Å²) in [4.78, 5) is 21.2. The fourth-order valence-electron chi connectivity index (χ4n) is 2.21. The van der Waals surface area contributed by atoms with E-state index < -0.39 is 4.92 Å². The van der Waals surface area contributed by atoms with Gasteiger partial charge in [0.25, 0.3) is 5.69 Å². The van der Waals surface area contributed by atoms with E-state index >= 15 is 0 Å². The summed E-state index contributed by atoms with van der Waals surface area (Å²) in [6.45, 7) is 0.594. The number of nitro benzene ring substituents is 1. The summed E-state index contributed by atoms with van der Waals surface area (Å²) in [6, 6.07) is 6.53. The van der Waals surface area contributed by atoms with Crippen LogP contribution >= 0.6 is 0 Å². The lowest BCUT2D eigenvalue weighted by atomic mass is 9.96. The third-order valence-corrected chi connectivity index (χ3v) is 3.38. The van der Waals surface area contributed by atoms with Crippen molar-refractivity contribution < 1.29 is 14.5 Å². The van der Waals surface area contributed by atoms with Crippen LogP contribution in [-0.2, 0) is 16.0 Å². The van der Waals surface area contributed by atoms with Crippen LogP contribution in [0.3, 0.4) is 0 Å². The molecule has 1 fully saturated rings. The number of hydrogen-bond acceptors (Lipinski definition) is 4. The molecule has 1 aromatic carbocycles. The highest BCUT2D eigenvalue weighted by atomic mass is 16.6. The molecule has 1 aliphatic carbocycles. The van der Waals surface area contributed by atoms with E-state index in [4.69, 9.17) is 4.74 Å². The van der Waals surface area contributed by atoms with Crippen LogP contribution < -0.4 is 0 Å². The third-order valence-electron chi connectivity index (χ3n) is 3.38. The van der Waals surface area contributed by atoms with E-state index in [1.807, 2.05) is 0 Å². The van der Waals surface area contributed by atoms with Crippen molar-refractivity contribution in [2.45, 2.75) is 38.2 Å². The molecule has 0 amide bonds. The average molecular weight is 263 g/mol. The number of non-ortho nitro benzene ring substituents is 1. The Morgan fingerprint density at radius 1 is 1.21 bits per heavy atom. The van der Waals surface area contributed by atoms with Crippen molar-refractivity contribution in [3.8, 4) is 0 Å². The largest absolute Gasteiger partial charge is 0.378 e. The molecule has 0 radical (unpaired) electrons. The maximum atomic E-state index is 11.1. The average Bonchev–Trinajstić information content (AvgIpc) is 2.41. The molecule has 0 spiro atoms. The Morgan fingerprint density at radius 3 is 2.42 bits per heavy atom. The zero-order valence-corrected chi connectivity index (χ0v) is 10.7. The monoisotopic (exact) mass is 263 g/mol. The Hall–Kier alpha value is -1.75. The summed E-state index contributed by atoms with van der Waals surface area (Å²) < 4.78 is 5.73. The number of carbonyl (C=O) groups excluding carboxylic acids is 1. The van der Waals surface area contributed by atoms with E-state index in [9.17, 15) is 14.9 Å².